The summed E-state index contributed by atoms with van der Waals surface area (Å²) in [5.74, 6) is 0.0480. The summed E-state index contributed by atoms with van der Waals surface area (Å²) in [4.78, 5) is 0. The van der Waals surface area contributed by atoms with Crippen molar-refractivity contribution in [2.75, 3.05) is 0 Å². The number of fused-ring (bicyclic) bond motifs is 8. The van der Waals surface area contributed by atoms with E-state index in [2.05, 4.69) is 188 Å². The zero-order chi connectivity index (χ0) is 34.9. The van der Waals surface area contributed by atoms with E-state index in [-0.39, 0.29) is 5.92 Å². The van der Waals surface area contributed by atoms with Crippen LogP contribution in [0.1, 0.15) is 33.7 Å². The van der Waals surface area contributed by atoms with Crippen LogP contribution >= 0.6 is 0 Å². The Kier molecular flexibility index (Phi) is 6.75. The molecule has 53 heavy (non-hydrogen) atoms. The summed E-state index contributed by atoms with van der Waals surface area (Å²) in [6.07, 6.45) is 0.848. The molecule has 0 aliphatic heterocycles. The van der Waals surface area contributed by atoms with E-state index in [0.29, 0.717) is 0 Å². The lowest BCUT2D eigenvalue weighted by atomic mass is 9.79. The lowest BCUT2D eigenvalue weighted by Crippen LogP contribution is -2.07. The van der Waals surface area contributed by atoms with Gasteiger partial charge in [-0.15, -0.1) is 0 Å². The van der Waals surface area contributed by atoms with Crippen molar-refractivity contribution in [3.05, 3.63) is 216 Å². The zero-order valence-electron chi connectivity index (χ0n) is 29.1. The van der Waals surface area contributed by atoms with Crippen LogP contribution in [0.15, 0.2) is 192 Å². The molecule has 1 unspecified atom stereocenters. The third-order valence-corrected chi connectivity index (χ3v) is 11.5. The Morgan fingerprint density at radius 2 is 1.02 bits per heavy atom. The Morgan fingerprint density at radius 3 is 1.89 bits per heavy atom. The second-order valence-corrected chi connectivity index (χ2v) is 14.3. The third kappa shape index (κ3) is 4.71. The van der Waals surface area contributed by atoms with Gasteiger partial charge in [0.1, 0.15) is 11.2 Å². The first-order valence-electron chi connectivity index (χ1n) is 18.5. The fourth-order valence-electron chi connectivity index (χ4n) is 9.10. The van der Waals surface area contributed by atoms with Crippen LogP contribution < -0.4 is 0 Å². The van der Waals surface area contributed by atoms with Gasteiger partial charge in [0.05, 0.1) is 0 Å². The lowest BCUT2D eigenvalue weighted by molar-refractivity contribution is 0.670. The van der Waals surface area contributed by atoms with E-state index in [1.165, 1.54) is 77.2 Å². The number of hydrogen-bond acceptors (Lipinski definition) is 1. The molecule has 10 aromatic rings. The van der Waals surface area contributed by atoms with Gasteiger partial charge in [-0.1, -0.05) is 176 Å². The summed E-state index contributed by atoms with van der Waals surface area (Å²) in [5, 5.41) is 7.38. The van der Waals surface area contributed by atoms with Crippen molar-refractivity contribution in [2.45, 2.75) is 12.3 Å². The Labute approximate surface area is 308 Å². The standard InChI is InChI=1S/C52H34O/c1-2-13-33(14-3-1)34-27-29-36(30-28-34)50(42-22-10-17-35-15-4-6-18-38(35)42)43-23-11-21-40-46-31-37-16-5-7-19-39(37)51(48(46)32-47(40)43)45-25-12-24-44-41-20-8-9-26-49(41)53-52(44)45/h1-31,50H,32H2. The maximum atomic E-state index is 6.68. The highest BCUT2D eigenvalue weighted by Crippen LogP contribution is 2.51. The fraction of sp³-hybridized carbons (Fsp3) is 0.0385. The summed E-state index contributed by atoms with van der Waals surface area (Å²) in [6.45, 7) is 0. The molecule has 0 saturated carbocycles. The average Bonchev–Trinajstić information content (AvgIpc) is 3.80. The van der Waals surface area contributed by atoms with E-state index in [1.807, 2.05) is 0 Å². The highest BCUT2D eigenvalue weighted by atomic mass is 16.3. The zero-order valence-corrected chi connectivity index (χ0v) is 29.1. The topological polar surface area (TPSA) is 13.1 Å². The van der Waals surface area contributed by atoms with Crippen LogP contribution in [0.5, 0.6) is 0 Å². The fourth-order valence-corrected chi connectivity index (χ4v) is 9.10. The highest BCUT2D eigenvalue weighted by Gasteiger charge is 2.31. The summed E-state index contributed by atoms with van der Waals surface area (Å²) >= 11 is 0. The molecule has 1 atom stereocenters. The van der Waals surface area contributed by atoms with Gasteiger partial charge in [0, 0.05) is 22.3 Å². The molecule has 1 nitrogen and oxygen atoms in total. The van der Waals surface area contributed by atoms with E-state index >= 15 is 0 Å². The van der Waals surface area contributed by atoms with Crippen LogP contribution in [0, 0.1) is 0 Å². The summed E-state index contributed by atoms with van der Waals surface area (Å²) in [7, 11) is 0. The SMILES string of the molecule is c1ccc(-c2ccc(C(c3cccc4c3Cc3c-4cc4ccccc4c3-c3cccc4c3oc3ccccc34)c3cccc4ccccc34)cc2)cc1. The van der Waals surface area contributed by atoms with Crippen molar-refractivity contribution in [3.8, 4) is 33.4 Å². The van der Waals surface area contributed by atoms with E-state index in [4.69, 9.17) is 4.42 Å². The predicted molar refractivity (Wildman–Crippen MR) is 222 cm³/mol. The van der Waals surface area contributed by atoms with Crippen molar-refractivity contribution < 1.29 is 4.42 Å². The monoisotopic (exact) mass is 674 g/mol. The molecule has 248 valence electrons. The summed E-state index contributed by atoms with van der Waals surface area (Å²) in [5.41, 5.74) is 16.2. The first-order chi connectivity index (χ1) is 26.3. The van der Waals surface area contributed by atoms with Gasteiger partial charge in [0.15, 0.2) is 0 Å². The van der Waals surface area contributed by atoms with E-state index in [1.54, 1.807) is 0 Å². The van der Waals surface area contributed by atoms with Crippen LogP contribution in [-0.2, 0) is 6.42 Å². The Hall–Kier alpha value is -6.70. The average molecular weight is 675 g/mol. The summed E-state index contributed by atoms with van der Waals surface area (Å²) in [6, 6.07) is 68.9. The number of furan rings is 1. The number of rotatable bonds is 5. The van der Waals surface area contributed by atoms with Gasteiger partial charge in [0.2, 0.25) is 0 Å². The molecular weight excluding hydrogens is 641 g/mol. The molecule has 1 heterocycles. The molecule has 1 aromatic heterocycles. The van der Waals surface area contributed by atoms with Crippen molar-refractivity contribution >= 4 is 43.5 Å². The second kappa shape index (κ2) is 11.9. The molecule has 0 N–H and O–H groups in total. The molecule has 0 radical (unpaired) electrons. The maximum absolute atomic E-state index is 6.68. The molecule has 9 aromatic carbocycles. The Balaban J connectivity index is 1.14. The van der Waals surface area contributed by atoms with E-state index in [9.17, 15) is 0 Å². The Bertz CT molecular complexity index is 3010. The molecular formula is C52H34O. The molecule has 1 heteroatoms. The largest absolute Gasteiger partial charge is 0.455 e. The van der Waals surface area contributed by atoms with Crippen LogP contribution in [0.2, 0.25) is 0 Å². The van der Waals surface area contributed by atoms with Crippen molar-refractivity contribution in [2.24, 2.45) is 0 Å². The van der Waals surface area contributed by atoms with Gasteiger partial charge < -0.3 is 4.42 Å². The van der Waals surface area contributed by atoms with E-state index in [0.717, 1.165) is 33.9 Å². The molecule has 0 saturated heterocycles. The minimum atomic E-state index is 0.0480. The molecule has 0 bridgehead atoms. The van der Waals surface area contributed by atoms with Crippen molar-refractivity contribution in [3.63, 3.8) is 0 Å². The van der Waals surface area contributed by atoms with Crippen LogP contribution in [0.4, 0.5) is 0 Å². The Morgan fingerprint density at radius 1 is 0.396 bits per heavy atom. The first-order valence-corrected chi connectivity index (χ1v) is 18.5. The molecule has 1 aliphatic rings. The number of benzene rings is 9. The normalized spacial score (nSPS) is 12.8. The maximum Gasteiger partial charge on any atom is 0.143 e. The van der Waals surface area contributed by atoms with Crippen LogP contribution in [0.25, 0.3) is 76.9 Å². The van der Waals surface area contributed by atoms with Gasteiger partial charge in [0.25, 0.3) is 0 Å². The third-order valence-electron chi connectivity index (χ3n) is 11.5. The lowest BCUT2D eigenvalue weighted by Gasteiger charge is -2.24. The quantitative estimate of drug-likeness (QED) is 0.166. The molecule has 1 aliphatic carbocycles. The second-order valence-electron chi connectivity index (χ2n) is 14.3. The molecule has 0 spiro atoms. The molecule has 11 rings (SSSR count). The minimum Gasteiger partial charge on any atom is -0.455 e. The smallest absolute Gasteiger partial charge is 0.143 e. The van der Waals surface area contributed by atoms with Gasteiger partial charge in [-0.05, 0) is 95.7 Å². The number of hydrogen-bond donors (Lipinski definition) is 0. The van der Waals surface area contributed by atoms with Crippen molar-refractivity contribution in [1.29, 1.82) is 0 Å². The van der Waals surface area contributed by atoms with Gasteiger partial charge in [-0.25, -0.2) is 0 Å². The minimum absolute atomic E-state index is 0.0480. The molecule has 0 amide bonds. The van der Waals surface area contributed by atoms with Gasteiger partial charge in [-0.3, -0.25) is 0 Å². The van der Waals surface area contributed by atoms with Crippen LogP contribution in [0.3, 0.4) is 0 Å². The van der Waals surface area contributed by atoms with Gasteiger partial charge >= 0.3 is 0 Å². The van der Waals surface area contributed by atoms with Gasteiger partial charge in [-0.2, -0.15) is 0 Å². The molecule has 0 fully saturated rings. The summed E-state index contributed by atoms with van der Waals surface area (Å²) < 4.78 is 6.68. The highest BCUT2D eigenvalue weighted by molar-refractivity contribution is 6.14. The predicted octanol–water partition coefficient (Wildman–Crippen LogP) is 14.0. The van der Waals surface area contributed by atoms with E-state index < -0.39 is 0 Å². The van der Waals surface area contributed by atoms with Crippen LogP contribution in [-0.4, -0.2) is 0 Å². The first kappa shape index (κ1) is 30.0. The number of para-hydroxylation sites is 2. The van der Waals surface area contributed by atoms with Crippen molar-refractivity contribution in [1.82, 2.24) is 0 Å².